The summed E-state index contributed by atoms with van der Waals surface area (Å²) in [5.41, 5.74) is 0. The molecule has 28 heavy (non-hydrogen) atoms. The highest BCUT2D eigenvalue weighted by atomic mass is 16.5. The Balaban J connectivity index is 2.49. The Labute approximate surface area is 172 Å². The molecule has 0 radical (unpaired) electrons. The van der Waals surface area contributed by atoms with E-state index in [2.05, 4.69) is 19.9 Å². The van der Waals surface area contributed by atoms with Gasteiger partial charge in [-0.3, -0.25) is 9.59 Å². The van der Waals surface area contributed by atoms with Crippen LogP contribution in [0, 0.1) is 17.8 Å². The van der Waals surface area contributed by atoms with Gasteiger partial charge in [0.25, 0.3) is 0 Å². The van der Waals surface area contributed by atoms with E-state index in [4.69, 9.17) is 9.47 Å². The molecule has 1 rings (SSSR count). The molecule has 0 saturated carbocycles. The lowest BCUT2D eigenvalue weighted by atomic mass is 9.82. The van der Waals surface area contributed by atoms with Gasteiger partial charge in [-0.05, 0) is 31.6 Å². The molecule has 0 aliphatic heterocycles. The third-order valence-electron chi connectivity index (χ3n) is 5.64. The zero-order valence-corrected chi connectivity index (χ0v) is 18.4. The average Bonchev–Trinajstić information content (AvgIpc) is 2.88. The quantitative estimate of drug-likeness (QED) is 0.199. The average molecular weight is 395 g/mol. The predicted octanol–water partition coefficient (Wildman–Crippen LogP) is 6.23. The number of unbranched alkanes of at least 4 members (excludes halogenated alkanes) is 8. The maximum atomic E-state index is 12.7. The minimum absolute atomic E-state index is 0.00260. The van der Waals surface area contributed by atoms with Crippen LogP contribution in [0.15, 0.2) is 12.2 Å². The van der Waals surface area contributed by atoms with Crippen LogP contribution in [0.25, 0.3) is 0 Å². The van der Waals surface area contributed by atoms with Gasteiger partial charge in [0, 0.05) is 0 Å². The van der Waals surface area contributed by atoms with Crippen LogP contribution in [0.3, 0.4) is 0 Å². The number of esters is 2. The number of carbonyl (C=O) groups excluding carboxylic acids is 2. The van der Waals surface area contributed by atoms with E-state index in [1.807, 2.05) is 13.0 Å². The lowest BCUT2D eigenvalue weighted by molar-refractivity contribution is -0.162. The van der Waals surface area contributed by atoms with Crippen LogP contribution in [0.4, 0.5) is 0 Å². The number of hydrogen-bond donors (Lipinski definition) is 0. The number of carbonyl (C=O) groups is 2. The molecular weight excluding hydrogens is 352 g/mol. The third-order valence-corrected chi connectivity index (χ3v) is 5.64. The van der Waals surface area contributed by atoms with Crippen molar-refractivity contribution >= 4 is 11.9 Å². The fraction of sp³-hybridized carbons (Fsp3) is 0.833. The second kappa shape index (κ2) is 15.6. The van der Waals surface area contributed by atoms with Gasteiger partial charge in [-0.1, -0.05) is 84.3 Å². The third kappa shape index (κ3) is 9.75. The summed E-state index contributed by atoms with van der Waals surface area (Å²) < 4.78 is 11.1. The molecule has 0 N–H and O–H groups in total. The Morgan fingerprint density at radius 2 is 1.36 bits per heavy atom. The Bertz CT molecular complexity index is 458. The van der Waals surface area contributed by atoms with Crippen LogP contribution in [-0.4, -0.2) is 25.2 Å². The fourth-order valence-corrected chi connectivity index (χ4v) is 3.86. The first-order valence-corrected chi connectivity index (χ1v) is 11.6. The van der Waals surface area contributed by atoms with Gasteiger partial charge in [-0.25, -0.2) is 0 Å². The molecule has 0 aromatic carbocycles. The highest BCUT2D eigenvalue weighted by Gasteiger charge is 2.39. The van der Waals surface area contributed by atoms with E-state index in [1.54, 1.807) is 0 Å². The number of ether oxygens (including phenoxy) is 2. The van der Waals surface area contributed by atoms with Crippen LogP contribution < -0.4 is 0 Å². The molecule has 3 atom stereocenters. The second-order valence-corrected chi connectivity index (χ2v) is 8.16. The summed E-state index contributed by atoms with van der Waals surface area (Å²) in [4.78, 5) is 25.4. The molecule has 0 heterocycles. The van der Waals surface area contributed by atoms with Gasteiger partial charge >= 0.3 is 11.9 Å². The summed E-state index contributed by atoms with van der Waals surface area (Å²) in [6.45, 7) is 7.28. The molecule has 0 fully saturated rings. The van der Waals surface area contributed by atoms with E-state index < -0.39 is 11.8 Å². The Morgan fingerprint density at radius 1 is 0.821 bits per heavy atom. The minimum atomic E-state index is -0.429. The summed E-state index contributed by atoms with van der Waals surface area (Å²) in [6, 6.07) is 0. The largest absolute Gasteiger partial charge is 0.465 e. The summed E-state index contributed by atoms with van der Waals surface area (Å²) in [7, 11) is 0. The summed E-state index contributed by atoms with van der Waals surface area (Å²) in [5.74, 6) is -1.29. The monoisotopic (exact) mass is 394 g/mol. The molecule has 0 aromatic heterocycles. The van der Waals surface area contributed by atoms with E-state index in [0.29, 0.717) is 19.6 Å². The standard InChI is InChI=1S/C24H42O4/c1-4-6-8-10-14-18-27-23(25)21-17-13-12-16-20(3)22(21)24(26)28-19-15-11-9-7-5-2/h12,16,20-22H,4-11,13-15,17-19H2,1-3H3. The topological polar surface area (TPSA) is 52.6 Å². The Hall–Kier alpha value is -1.32. The fourth-order valence-electron chi connectivity index (χ4n) is 3.86. The van der Waals surface area contributed by atoms with Crippen molar-refractivity contribution in [3.63, 3.8) is 0 Å². The van der Waals surface area contributed by atoms with Gasteiger partial charge in [-0.2, -0.15) is 0 Å². The number of allylic oxidation sites excluding steroid dienone is 2. The van der Waals surface area contributed by atoms with Gasteiger partial charge < -0.3 is 9.47 Å². The van der Waals surface area contributed by atoms with Crippen LogP contribution in [-0.2, 0) is 19.1 Å². The zero-order chi connectivity index (χ0) is 20.6. The van der Waals surface area contributed by atoms with Gasteiger partial charge in [0.1, 0.15) is 0 Å². The molecule has 4 heteroatoms. The van der Waals surface area contributed by atoms with E-state index in [-0.39, 0.29) is 17.9 Å². The first kappa shape index (κ1) is 24.7. The molecule has 162 valence electrons. The van der Waals surface area contributed by atoms with Crippen LogP contribution in [0.1, 0.15) is 97.8 Å². The lowest BCUT2D eigenvalue weighted by Crippen LogP contribution is -2.36. The number of hydrogen-bond acceptors (Lipinski definition) is 4. The molecule has 0 spiro atoms. The van der Waals surface area contributed by atoms with Gasteiger partial charge in [0.05, 0.1) is 25.0 Å². The molecule has 4 nitrogen and oxygen atoms in total. The van der Waals surface area contributed by atoms with Crippen molar-refractivity contribution in [3.8, 4) is 0 Å². The SMILES string of the molecule is CCCCCCCOC(=O)C1CCC=CC(C)C1C(=O)OCCCCCCC. The maximum Gasteiger partial charge on any atom is 0.310 e. The van der Waals surface area contributed by atoms with Gasteiger partial charge in [0.15, 0.2) is 0 Å². The van der Waals surface area contributed by atoms with Crippen molar-refractivity contribution < 1.29 is 19.1 Å². The normalized spacial score (nSPS) is 21.9. The van der Waals surface area contributed by atoms with E-state index in [9.17, 15) is 9.59 Å². The van der Waals surface area contributed by atoms with Gasteiger partial charge in [-0.15, -0.1) is 0 Å². The van der Waals surface area contributed by atoms with Gasteiger partial charge in [0.2, 0.25) is 0 Å². The van der Waals surface area contributed by atoms with Crippen LogP contribution in [0.5, 0.6) is 0 Å². The van der Waals surface area contributed by atoms with E-state index in [1.165, 1.54) is 38.5 Å². The molecule has 0 bridgehead atoms. The van der Waals surface area contributed by atoms with Crippen molar-refractivity contribution in [1.82, 2.24) is 0 Å². The van der Waals surface area contributed by atoms with Crippen molar-refractivity contribution in [2.75, 3.05) is 13.2 Å². The molecule has 1 aliphatic rings. The lowest BCUT2D eigenvalue weighted by Gasteiger charge is -2.26. The first-order valence-electron chi connectivity index (χ1n) is 11.6. The molecule has 1 aliphatic carbocycles. The smallest absolute Gasteiger partial charge is 0.310 e. The van der Waals surface area contributed by atoms with Crippen molar-refractivity contribution in [3.05, 3.63) is 12.2 Å². The predicted molar refractivity (Wildman–Crippen MR) is 114 cm³/mol. The Morgan fingerprint density at radius 3 is 1.93 bits per heavy atom. The highest BCUT2D eigenvalue weighted by Crippen LogP contribution is 2.32. The van der Waals surface area contributed by atoms with Crippen molar-refractivity contribution in [2.24, 2.45) is 17.8 Å². The first-order chi connectivity index (χ1) is 13.6. The van der Waals surface area contributed by atoms with E-state index in [0.717, 1.165) is 32.1 Å². The van der Waals surface area contributed by atoms with Crippen LogP contribution >= 0.6 is 0 Å². The second-order valence-electron chi connectivity index (χ2n) is 8.16. The van der Waals surface area contributed by atoms with Crippen molar-refractivity contribution in [2.45, 2.75) is 97.8 Å². The molecule has 0 amide bonds. The Kier molecular flexibility index (Phi) is 13.8. The minimum Gasteiger partial charge on any atom is -0.465 e. The molecule has 0 saturated heterocycles. The molecule has 0 aromatic rings. The van der Waals surface area contributed by atoms with E-state index >= 15 is 0 Å². The maximum absolute atomic E-state index is 12.7. The summed E-state index contributed by atoms with van der Waals surface area (Å²) in [6.07, 6.45) is 16.8. The van der Waals surface area contributed by atoms with Crippen molar-refractivity contribution in [1.29, 1.82) is 0 Å². The zero-order valence-electron chi connectivity index (χ0n) is 18.4. The highest BCUT2D eigenvalue weighted by molar-refractivity contribution is 5.82. The number of rotatable bonds is 14. The molecule has 3 unspecified atom stereocenters. The summed E-state index contributed by atoms with van der Waals surface area (Å²) in [5, 5.41) is 0. The van der Waals surface area contributed by atoms with Crippen LogP contribution in [0.2, 0.25) is 0 Å². The molecular formula is C24H42O4. The summed E-state index contributed by atoms with van der Waals surface area (Å²) >= 11 is 0.